The van der Waals surface area contributed by atoms with Crippen molar-refractivity contribution < 1.29 is 13.9 Å². The molecule has 1 aliphatic rings. The Hall–Kier alpha value is -1.00. The van der Waals surface area contributed by atoms with Gasteiger partial charge in [-0.1, -0.05) is 18.5 Å². The molecule has 0 bridgehead atoms. The summed E-state index contributed by atoms with van der Waals surface area (Å²) in [5.74, 6) is -0.183. The van der Waals surface area contributed by atoms with Gasteiger partial charge in [0.15, 0.2) is 0 Å². The van der Waals surface area contributed by atoms with Gasteiger partial charge in [0, 0.05) is 16.4 Å². The largest absolute Gasteiger partial charge is 0.490 e. The van der Waals surface area contributed by atoms with E-state index in [1.54, 1.807) is 0 Å². The standard InChI is InChI=1S/C16H20Cl2FNO2/c1-10(7-22-13-6-11(19)4-5-12(13)17)20-14(21)15(2)8-16(3,18)9-15/h4-6,10H,7-9H2,1-3H3,(H,20,21)/t10-,15?,16?/m1/s1. The van der Waals surface area contributed by atoms with E-state index in [0.29, 0.717) is 17.9 Å². The van der Waals surface area contributed by atoms with Crippen molar-refractivity contribution in [3.05, 3.63) is 29.0 Å². The van der Waals surface area contributed by atoms with Gasteiger partial charge >= 0.3 is 0 Å². The van der Waals surface area contributed by atoms with Gasteiger partial charge in [-0.25, -0.2) is 4.39 Å². The molecule has 1 fully saturated rings. The number of amides is 1. The molecule has 0 aliphatic heterocycles. The first-order chi connectivity index (χ1) is 10.1. The number of halogens is 3. The molecule has 6 heteroatoms. The molecule has 1 atom stereocenters. The Kier molecular flexibility index (Phi) is 4.93. The molecular weight excluding hydrogens is 328 g/mol. The molecular formula is C16H20Cl2FNO2. The fourth-order valence-electron chi connectivity index (χ4n) is 2.98. The van der Waals surface area contributed by atoms with Crippen molar-refractivity contribution >= 4 is 29.1 Å². The number of hydrogen-bond acceptors (Lipinski definition) is 2. The molecule has 0 heterocycles. The molecule has 122 valence electrons. The maximum atomic E-state index is 13.1. The first kappa shape index (κ1) is 17.4. The van der Waals surface area contributed by atoms with Gasteiger partial charge in [-0.05, 0) is 38.8 Å². The third-order valence-corrected chi connectivity index (χ3v) is 4.40. The molecule has 0 unspecified atom stereocenters. The molecule has 0 radical (unpaired) electrons. The lowest BCUT2D eigenvalue weighted by Crippen LogP contribution is -2.55. The van der Waals surface area contributed by atoms with Crippen LogP contribution in [0.15, 0.2) is 18.2 Å². The lowest BCUT2D eigenvalue weighted by molar-refractivity contribution is -0.137. The highest BCUT2D eigenvalue weighted by molar-refractivity contribution is 6.32. The van der Waals surface area contributed by atoms with E-state index < -0.39 is 11.2 Å². The topological polar surface area (TPSA) is 38.3 Å². The summed E-state index contributed by atoms with van der Waals surface area (Å²) in [4.78, 5) is 12.0. The van der Waals surface area contributed by atoms with Gasteiger partial charge in [0.1, 0.15) is 18.2 Å². The number of benzene rings is 1. The SMILES string of the molecule is C[C@H](COc1cc(F)ccc1Cl)NC(=O)C1(C)CC(C)(Cl)C1. The molecule has 1 saturated carbocycles. The first-order valence-corrected chi connectivity index (χ1v) is 7.95. The molecule has 0 aromatic heterocycles. The van der Waals surface area contributed by atoms with E-state index in [1.165, 1.54) is 18.2 Å². The molecule has 1 aromatic rings. The smallest absolute Gasteiger partial charge is 0.226 e. The Morgan fingerprint density at radius 3 is 2.68 bits per heavy atom. The Bertz CT molecular complexity index is 569. The zero-order valence-electron chi connectivity index (χ0n) is 12.9. The summed E-state index contributed by atoms with van der Waals surface area (Å²) in [5, 5.41) is 3.24. The number of rotatable bonds is 5. The van der Waals surface area contributed by atoms with Crippen LogP contribution in [0.25, 0.3) is 0 Å². The number of alkyl halides is 1. The Labute approximate surface area is 140 Å². The van der Waals surface area contributed by atoms with Gasteiger partial charge in [0.2, 0.25) is 5.91 Å². The second kappa shape index (κ2) is 6.25. The number of ether oxygens (including phenoxy) is 1. The van der Waals surface area contributed by atoms with Gasteiger partial charge in [0.05, 0.1) is 11.1 Å². The van der Waals surface area contributed by atoms with Crippen LogP contribution in [0.4, 0.5) is 4.39 Å². The summed E-state index contributed by atoms with van der Waals surface area (Å²) in [5.41, 5.74) is -0.429. The highest BCUT2D eigenvalue weighted by Gasteiger charge is 2.52. The minimum atomic E-state index is -0.429. The summed E-state index contributed by atoms with van der Waals surface area (Å²) >= 11 is 12.1. The Morgan fingerprint density at radius 2 is 2.09 bits per heavy atom. The summed E-state index contributed by atoms with van der Waals surface area (Å²) in [6, 6.07) is 3.71. The van der Waals surface area contributed by atoms with Crippen molar-refractivity contribution in [3.63, 3.8) is 0 Å². The molecule has 22 heavy (non-hydrogen) atoms. The van der Waals surface area contributed by atoms with E-state index in [-0.39, 0.29) is 29.2 Å². The van der Waals surface area contributed by atoms with Gasteiger partial charge in [0.25, 0.3) is 0 Å². The third kappa shape index (κ3) is 4.05. The van der Waals surface area contributed by atoms with Crippen molar-refractivity contribution in [1.29, 1.82) is 0 Å². The van der Waals surface area contributed by atoms with Gasteiger partial charge in [-0.3, -0.25) is 4.79 Å². The minimum Gasteiger partial charge on any atom is -0.490 e. The van der Waals surface area contributed by atoms with Crippen LogP contribution in [0.2, 0.25) is 5.02 Å². The van der Waals surface area contributed by atoms with Crippen LogP contribution in [-0.2, 0) is 4.79 Å². The van der Waals surface area contributed by atoms with Crippen LogP contribution in [0, 0.1) is 11.2 Å². The zero-order valence-corrected chi connectivity index (χ0v) is 14.4. The van der Waals surface area contributed by atoms with Crippen molar-refractivity contribution in [3.8, 4) is 5.75 Å². The fourth-order valence-corrected chi connectivity index (χ4v) is 3.74. The number of carbonyl (C=O) groups is 1. The van der Waals surface area contributed by atoms with E-state index in [4.69, 9.17) is 27.9 Å². The minimum absolute atomic E-state index is 0.0351. The molecule has 2 rings (SSSR count). The van der Waals surface area contributed by atoms with Gasteiger partial charge in [-0.2, -0.15) is 0 Å². The van der Waals surface area contributed by atoms with Crippen molar-refractivity contribution in [2.45, 2.75) is 44.5 Å². The predicted octanol–water partition coefficient (Wildman–Crippen LogP) is 4.16. The second-order valence-electron chi connectivity index (χ2n) is 6.59. The molecule has 1 aromatic carbocycles. The van der Waals surface area contributed by atoms with Crippen molar-refractivity contribution in [1.82, 2.24) is 5.32 Å². The lowest BCUT2D eigenvalue weighted by atomic mass is 9.62. The summed E-state index contributed by atoms with van der Waals surface area (Å²) in [7, 11) is 0. The van der Waals surface area contributed by atoms with Crippen LogP contribution in [-0.4, -0.2) is 23.4 Å². The highest BCUT2D eigenvalue weighted by atomic mass is 35.5. The summed E-state index contributed by atoms with van der Waals surface area (Å²) in [6.07, 6.45) is 1.30. The molecule has 1 aliphatic carbocycles. The molecule has 0 saturated heterocycles. The maximum Gasteiger partial charge on any atom is 0.226 e. The van der Waals surface area contributed by atoms with E-state index >= 15 is 0 Å². The average Bonchev–Trinajstić information content (AvgIpc) is 2.37. The second-order valence-corrected chi connectivity index (χ2v) is 7.91. The number of nitrogens with one attached hydrogen (secondary N) is 1. The summed E-state index contributed by atoms with van der Waals surface area (Å²) in [6.45, 7) is 5.88. The van der Waals surface area contributed by atoms with Crippen molar-refractivity contribution in [2.24, 2.45) is 5.41 Å². The predicted molar refractivity (Wildman–Crippen MR) is 86.1 cm³/mol. The molecule has 1 amide bonds. The zero-order chi connectivity index (χ0) is 16.5. The van der Waals surface area contributed by atoms with Crippen LogP contribution in [0.5, 0.6) is 5.75 Å². The maximum absolute atomic E-state index is 13.1. The highest BCUT2D eigenvalue weighted by Crippen LogP contribution is 2.52. The van der Waals surface area contributed by atoms with Gasteiger partial charge < -0.3 is 10.1 Å². The lowest BCUT2D eigenvalue weighted by Gasteiger charge is -2.48. The Balaban J connectivity index is 1.84. The molecule has 3 nitrogen and oxygen atoms in total. The van der Waals surface area contributed by atoms with Crippen LogP contribution < -0.4 is 10.1 Å². The third-order valence-electron chi connectivity index (χ3n) is 3.83. The molecule has 0 spiro atoms. The van der Waals surface area contributed by atoms with E-state index in [1.807, 2.05) is 20.8 Å². The van der Waals surface area contributed by atoms with Crippen molar-refractivity contribution in [2.75, 3.05) is 6.61 Å². The van der Waals surface area contributed by atoms with Crippen LogP contribution in [0.1, 0.15) is 33.6 Å². The number of hydrogen-bond donors (Lipinski definition) is 1. The van der Waals surface area contributed by atoms with Gasteiger partial charge in [-0.15, -0.1) is 11.6 Å². The summed E-state index contributed by atoms with van der Waals surface area (Å²) < 4.78 is 18.6. The molecule has 1 N–H and O–H groups in total. The monoisotopic (exact) mass is 347 g/mol. The van der Waals surface area contributed by atoms with E-state index in [9.17, 15) is 9.18 Å². The van der Waals surface area contributed by atoms with E-state index in [2.05, 4.69) is 5.32 Å². The number of carbonyl (C=O) groups excluding carboxylic acids is 1. The normalized spacial score (nSPS) is 28.6. The average molecular weight is 348 g/mol. The van der Waals surface area contributed by atoms with Crippen LogP contribution >= 0.6 is 23.2 Å². The quantitative estimate of drug-likeness (QED) is 0.812. The fraction of sp³-hybridized carbons (Fsp3) is 0.562. The van der Waals surface area contributed by atoms with E-state index in [0.717, 1.165) is 0 Å². The first-order valence-electron chi connectivity index (χ1n) is 7.19. The Morgan fingerprint density at radius 1 is 1.45 bits per heavy atom. The van der Waals surface area contributed by atoms with Crippen LogP contribution in [0.3, 0.4) is 0 Å².